The molecule has 0 amide bonds. The molecule has 19 heavy (non-hydrogen) atoms. The SMILES string of the molecule is CCCCCCCCNc1cnn(CC)c(=O)c1Br. The predicted octanol–water partition coefficient (Wildman–Crippen LogP) is 3.80. The summed E-state index contributed by atoms with van der Waals surface area (Å²) >= 11 is 3.34. The zero-order valence-electron chi connectivity index (χ0n) is 11.9. The van der Waals surface area contributed by atoms with Crippen LogP contribution in [-0.2, 0) is 6.54 Å². The third kappa shape index (κ3) is 5.35. The van der Waals surface area contributed by atoms with E-state index in [1.165, 1.54) is 36.8 Å². The van der Waals surface area contributed by atoms with Gasteiger partial charge in [-0.3, -0.25) is 4.79 Å². The molecule has 0 aliphatic heterocycles. The van der Waals surface area contributed by atoms with Crippen LogP contribution in [0.15, 0.2) is 15.5 Å². The number of aromatic nitrogens is 2. The smallest absolute Gasteiger partial charge is 0.283 e. The molecular formula is C14H24BrN3O. The van der Waals surface area contributed by atoms with Crippen molar-refractivity contribution >= 4 is 21.6 Å². The number of anilines is 1. The van der Waals surface area contributed by atoms with Crippen LogP contribution in [-0.4, -0.2) is 16.3 Å². The summed E-state index contributed by atoms with van der Waals surface area (Å²) in [5, 5.41) is 7.38. The molecule has 1 aromatic heterocycles. The highest BCUT2D eigenvalue weighted by molar-refractivity contribution is 9.10. The standard InChI is InChI=1S/C14H24BrN3O/c1-3-5-6-7-8-9-10-16-12-11-17-18(4-2)14(19)13(12)15/h11,16H,3-10H2,1-2H3. The molecule has 0 fully saturated rings. The van der Waals surface area contributed by atoms with Gasteiger partial charge in [-0.15, -0.1) is 0 Å². The summed E-state index contributed by atoms with van der Waals surface area (Å²) < 4.78 is 2.02. The lowest BCUT2D eigenvalue weighted by atomic mass is 10.1. The summed E-state index contributed by atoms with van der Waals surface area (Å²) in [6.07, 6.45) is 9.33. The molecule has 0 unspecified atom stereocenters. The third-order valence-corrected chi connectivity index (χ3v) is 3.90. The topological polar surface area (TPSA) is 46.9 Å². The van der Waals surface area contributed by atoms with Gasteiger partial charge in [-0.05, 0) is 29.3 Å². The van der Waals surface area contributed by atoms with Gasteiger partial charge in [0.05, 0.1) is 11.9 Å². The molecule has 0 aliphatic carbocycles. The van der Waals surface area contributed by atoms with Crippen LogP contribution >= 0.6 is 15.9 Å². The number of nitrogens with zero attached hydrogens (tertiary/aromatic N) is 2. The van der Waals surface area contributed by atoms with Crippen LogP contribution in [0.25, 0.3) is 0 Å². The van der Waals surface area contributed by atoms with Crippen LogP contribution < -0.4 is 10.9 Å². The molecule has 5 heteroatoms. The van der Waals surface area contributed by atoms with E-state index in [-0.39, 0.29) is 5.56 Å². The first-order valence-corrected chi connectivity index (χ1v) is 7.99. The molecular weight excluding hydrogens is 306 g/mol. The molecule has 0 saturated heterocycles. The monoisotopic (exact) mass is 329 g/mol. The van der Waals surface area contributed by atoms with Crippen molar-refractivity contribution in [2.24, 2.45) is 0 Å². The molecule has 108 valence electrons. The normalized spacial score (nSPS) is 10.7. The van der Waals surface area contributed by atoms with Crippen molar-refractivity contribution in [3.63, 3.8) is 0 Å². The lowest BCUT2D eigenvalue weighted by Crippen LogP contribution is -2.23. The van der Waals surface area contributed by atoms with Gasteiger partial charge in [-0.2, -0.15) is 5.10 Å². The van der Waals surface area contributed by atoms with Crippen molar-refractivity contribution in [3.8, 4) is 0 Å². The van der Waals surface area contributed by atoms with E-state index in [1.54, 1.807) is 6.20 Å². The van der Waals surface area contributed by atoms with Crippen LogP contribution in [0.5, 0.6) is 0 Å². The summed E-state index contributed by atoms with van der Waals surface area (Å²) in [7, 11) is 0. The molecule has 1 aromatic rings. The molecule has 0 radical (unpaired) electrons. The number of unbranched alkanes of at least 4 members (excludes halogenated alkanes) is 5. The quantitative estimate of drug-likeness (QED) is 0.701. The molecule has 1 rings (SSSR count). The van der Waals surface area contributed by atoms with Gasteiger partial charge in [0, 0.05) is 13.1 Å². The third-order valence-electron chi connectivity index (χ3n) is 3.13. The van der Waals surface area contributed by atoms with Gasteiger partial charge in [-0.25, -0.2) is 4.68 Å². The molecule has 0 saturated carbocycles. The van der Waals surface area contributed by atoms with Crippen molar-refractivity contribution < 1.29 is 0 Å². The largest absolute Gasteiger partial charge is 0.383 e. The number of hydrogen-bond acceptors (Lipinski definition) is 3. The van der Waals surface area contributed by atoms with E-state index < -0.39 is 0 Å². The van der Waals surface area contributed by atoms with Gasteiger partial charge < -0.3 is 5.32 Å². The second kappa shape index (κ2) is 9.13. The summed E-state index contributed by atoms with van der Waals surface area (Å²) in [5.74, 6) is 0. The second-order valence-electron chi connectivity index (χ2n) is 4.69. The van der Waals surface area contributed by atoms with E-state index in [2.05, 4.69) is 33.3 Å². The van der Waals surface area contributed by atoms with Crippen molar-refractivity contribution in [2.45, 2.75) is 58.9 Å². The summed E-state index contributed by atoms with van der Waals surface area (Å²) in [4.78, 5) is 11.8. The van der Waals surface area contributed by atoms with Gasteiger partial charge in [0.2, 0.25) is 0 Å². The Morgan fingerprint density at radius 3 is 2.58 bits per heavy atom. The van der Waals surface area contributed by atoms with Gasteiger partial charge in [0.1, 0.15) is 4.47 Å². The highest BCUT2D eigenvalue weighted by Gasteiger charge is 2.06. The maximum Gasteiger partial charge on any atom is 0.283 e. The van der Waals surface area contributed by atoms with Gasteiger partial charge >= 0.3 is 0 Å². The van der Waals surface area contributed by atoms with Gasteiger partial charge in [0.15, 0.2) is 0 Å². The Labute approximate surface area is 123 Å². The van der Waals surface area contributed by atoms with Crippen molar-refractivity contribution in [1.82, 2.24) is 9.78 Å². The lowest BCUT2D eigenvalue weighted by molar-refractivity contribution is 0.609. The average molecular weight is 330 g/mol. The minimum atomic E-state index is -0.0737. The molecule has 0 atom stereocenters. The molecule has 4 nitrogen and oxygen atoms in total. The van der Waals surface area contributed by atoms with Crippen molar-refractivity contribution in [3.05, 3.63) is 21.0 Å². The Morgan fingerprint density at radius 2 is 1.89 bits per heavy atom. The maximum absolute atomic E-state index is 11.8. The number of hydrogen-bond donors (Lipinski definition) is 1. The first-order valence-electron chi connectivity index (χ1n) is 7.20. The fourth-order valence-electron chi connectivity index (χ4n) is 1.94. The van der Waals surface area contributed by atoms with E-state index in [0.717, 1.165) is 18.7 Å². The Hall–Kier alpha value is -0.840. The van der Waals surface area contributed by atoms with Gasteiger partial charge in [0.25, 0.3) is 5.56 Å². The van der Waals surface area contributed by atoms with E-state index in [4.69, 9.17) is 0 Å². The first-order chi connectivity index (χ1) is 9.20. The number of rotatable bonds is 9. The van der Waals surface area contributed by atoms with Crippen LogP contribution in [0.1, 0.15) is 52.4 Å². The maximum atomic E-state index is 11.8. The van der Waals surface area contributed by atoms with Crippen LogP contribution in [0.4, 0.5) is 5.69 Å². The summed E-state index contributed by atoms with van der Waals surface area (Å²) in [6.45, 7) is 5.62. The van der Waals surface area contributed by atoms with Gasteiger partial charge in [-0.1, -0.05) is 39.0 Å². The number of nitrogens with one attached hydrogen (secondary N) is 1. The van der Waals surface area contributed by atoms with Crippen LogP contribution in [0.2, 0.25) is 0 Å². The zero-order chi connectivity index (χ0) is 14.1. The summed E-state index contributed by atoms with van der Waals surface area (Å²) in [6, 6.07) is 0. The fourth-order valence-corrected chi connectivity index (χ4v) is 2.39. The number of aryl methyl sites for hydroxylation is 1. The second-order valence-corrected chi connectivity index (χ2v) is 5.48. The Bertz CT molecular complexity index is 431. The van der Waals surface area contributed by atoms with Crippen molar-refractivity contribution in [2.75, 3.05) is 11.9 Å². The van der Waals surface area contributed by atoms with E-state index >= 15 is 0 Å². The lowest BCUT2D eigenvalue weighted by Gasteiger charge is -2.09. The van der Waals surface area contributed by atoms with E-state index in [9.17, 15) is 4.79 Å². The minimum absolute atomic E-state index is 0.0737. The van der Waals surface area contributed by atoms with Crippen LogP contribution in [0, 0.1) is 0 Å². The summed E-state index contributed by atoms with van der Waals surface area (Å²) in [5.41, 5.74) is 0.721. The highest BCUT2D eigenvalue weighted by atomic mass is 79.9. The molecule has 1 N–H and O–H groups in total. The van der Waals surface area contributed by atoms with Crippen molar-refractivity contribution in [1.29, 1.82) is 0 Å². The Balaban J connectivity index is 2.34. The van der Waals surface area contributed by atoms with E-state index in [1.807, 2.05) is 6.92 Å². The Kier molecular flexibility index (Phi) is 7.79. The number of halogens is 1. The first kappa shape index (κ1) is 16.2. The zero-order valence-corrected chi connectivity index (χ0v) is 13.5. The minimum Gasteiger partial charge on any atom is -0.383 e. The molecule has 0 spiro atoms. The van der Waals surface area contributed by atoms with E-state index in [0.29, 0.717) is 11.0 Å². The molecule has 1 heterocycles. The highest BCUT2D eigenvalue weighted by Crippen LogP contribution is 2.16. The molecule has 0 bridgehead atoms. The fraction of sp³-hybridized carbons (Fsp3) is 0.714. The average Bonchev–Trinajstić information content (AvgIpc) is 2.42. The van der Waals surface area contributed by atoms with Crippen LogP contribution in [0.3, 0.4) is 0 Å². The predicted molar refractivity (Wildman–Crippen MR) is 83.7 cm³/mol. The molecule has 0 aromatic carbocycles. The molecule has 0 aliphatic rings. The Morgan fingerprint density at radius 1 is 1.21 bits per heavy atom.